The van der Waals surface area contributed by atoms with Gasteiger partial charge in [0.2, 0.25) is 0 Å². The smallest absolute Gasteiger partial charge is 0.171 e. The molecule has 0 unspecified atom stereocenters. The van der Waals surface area contributed by atoms with Crippen molar-refractivity contribution >= 4 is 49.0 Å². The van der Waals surface area contributed by atoms with E-state index in [1.165, 1.54) is 4.88 Å². The van der Waals surface area contributed by atoms with Gasteiger partial charge in [-0.05, 0) is 58.2 Å². The fourth-order valence-electron chi connectivity index (χ4n) is 1.86. The van der Waals surface area contributed by atoms with Crippen LogP contribution in [0.25, 0.3) is 10.7 Å². The Labute approximate surface area is 140 Å². The highest BCUT2D eigenvalue weighted by molar-refractivity contribution is 9.11. The first-order valence-corrected chi connectivity index (χ1v) is 9.03. The molecule has 2 aromatic rings. The van der Waals surface area contributed by atoms with Crippen molar-refractivity contribution in [2.75, 3.05) is 11.9 Å². The summed E-state index contributed by atoms with van der Waals surface area (Å²) in [4.78, 5) is 11.7. The monoisotopic (exact) mass is 417 g/mol. The molecule has 0 aliphatic heterocycles. The summed E-state index contributed by atoms with van der Waals surface area (Å²) in [6.45, 7) is 7.16. The molecule has 0 aromatic carbocycles. The predicted molar refractivity (Wildman–Crippen MR) is 93.6 cm³/mol. The summed E-state index contributed by atoms with van der Waals surface area (Å²) in [6.07, 6.45) is 2.01. The third kappa shape index (κ3) is 3.40. The van der Waals surface area contributed by atoms with Gasteiger partial charge in [0, 0.05) is 15.9 Å². The minimum absolute atomic E-state index is 0.798. The van der Waals surface area contributed by atoms with Crippen molar-refractivity contribution in [3.8, 4) is 10.7 Å². The van der Waals surface area contributed by atoms with Gasteiger partial charge >= 0.3 is 0 Å². The van der Waals surface area contributed by atoms with Crippen LogP contribution in [-0.4, -0.2) is 16.5 Å². The zero-order chi connectivity index (χ0) is 14.7. The first kappa shape index (κ1) is 15.9. The lowest BCUT2D eigenvalue weighted by Gasteiger charge is -2.11. The molecule has 0 spiro atoms. The van der Waals surface area contributed by atoms with Crippen LogP contribution in [0, 0.1) is 6.92 Å². The Morgan fingerprint density at radius 2 is 2.00 bits per heavy atom. The Morgan fingerprint density at radius 1 is 1.25 bits per heavy atom. The van der Waals surface area contributed by atoms with Gasteiger partial charge in [-0.3, -0.25) is 0 Å². The number of thiophene rings is 1. The van der Waals surface area contributed by atoms with Gasteiger partial charge in [0.15, 0.2) is 5.82 Å². The van der Waals surface area contributed by atoms with Crippen molar-refractivity contribution in [2.24, 2.45) is 0 Å². The van der Waals surface area contributed by atoms with Gasteiger partial charge in [0.05, 0.1) is 15.0 Å². The number of hydrogen-bond acceptors (Lipinski definition) is 4. The SMILES string of the molecule is CCCc1nc(-c2cc(Br)c(C)s2)nc(NCC)c1Br. The van der Waals surface area contributed by atoms with E-state index < -0.39 is 0 Å². The predicted octanol–water partition coefficient (Wildman–Crippen LogP) is 5.42. The lowest BCUT2D eigenvalue weighted by Crippen LogP contribution is -2.05. The second-order valence-electron chi connectivity index (χ2n) is 4.45. The number of nitrogens with one attached hydrogen (secondary N) is 1. The molecule has 0 aliphatic carbocycles. The molecule has 0 radical (unpaired) electrons. The average Bonchev–Trinajstić information content (AvgIpc) is 2.75. The number of anilines is 1. The average molecular weight is 419 g/mol. The van der Waals surface area contributed by atoms with E-state index in [2.05, 4.69) is 69.0 Å². The van der Waals surface area contributed by atoms with Crippen LogP contribution in [0.15, 0.2) is 15.0 Å². The van der Waals surface area contributed by atoms with Crippen molar-refractivity contribution in [1.82, 2.24) is 9.97 Å². The fourth-order valence-corrected chi connectivity index (χ4v) is 3.85. The fraction of sp³-hybridized carbons (Fsp3) is 0.429. The van der Waals surface area contributed by atoms with E-state index >= 15 is 0 Å². The second kappa shape index (κ2) is 7.00. The van der Waals surface area contributed by atoms with Gasteiger partial charge in [0.25, 0.3) is 0 Å². The standard InChI is InChI=1S/C14H17Br2N3S/c1-4-6-10-12(16)14(17-5-2)19-13(18-10)11-7-9(15)8(3)20-11/h7H,4-6H2,1-3H3,(H,17,18,19). The highest BCUT2D eigenvalue weighted by Gasteiger charge is 2.14. The molecule has 108 valence electrons. The highest BCUT2D eigenvalue weighted by Crippen LogP contribution is 2.35. The summed E-state index contributed by atoms with van der Waals surface area (Å²) < 4.78 is 2.10. The molecule has 0 fully saturated rings. The van der Waals surface area contributed by atoms with Crippen molar-refractivity contribution in [2.45, 2.75) is 33.6 Å². The van der Waals surface area contributed by atoms with Crippen LogP contribution in [0.3, 0.4) is 0 Å². The van der Waals surface area contributed by atoms with Crippen LogP contribution < -0.4 is 5.32 Å². The third-order valence-electron chi connectivity index (χ3n) is 2.83. The number of hydrogen-bond donors (Lipinski definition) is 1. The normalized spacial score (nSPS) is 10.8. The number of rotatable bonds is 5. The molecule has 2 aromatic heterocycles. The Morgan fingerprint density at radius 3 is 2.55 bits per heavy atom. The van der Waals surface area contributed by atoms with E-state index in [4.69, 9.17) is 4.98 Å². The topological polar surface area (TPSA) is 37.8 Å². The molecular weight excluding hydrogens is 402 g/mol. The first-order valence-electron chi connectivity index (χ1n) is 6.63. The minimum Gasteiger partial charge on any atom is -0.369 e. The Hall–Kier alpha value is -0.460. The summed E-state index contributed by atoms with van der Waals surface area (Å²) in [6, 6.07) is 2.09. The van der Waals surface area contributed by atoms with Crippen molar-refractivity contribution in [3.63, 3.8) is 0 Å². The van der Waals surface area contributed by atoms with Gasteiger partial charge in [-0.2, -0.15) is 0 Å². The molecule has 2 rings (SSSR count). The maximum atomic E-state index is 4.72. The first-order chi connectivity index (χ1) is 9.56. The molecule has 0 amide bonds. The zero-order valence-corrected chi connectivity index (χ0v) is 15.7. The third-order valence-corrected chi connectivity index (χ3v) is 5.79. The van der Waals surface area contributed by atoms with Crippen LogP contribution in [0.2, 0.25) is 0 Å². The number of nitrogens with zero attached hydrogens (tertiary/aromatic N) is 2. The Kier molecular flexibility index (Phi) is 5.57. The Balaban J connectivity index is 2.52. The van der Waals surface area contributed by atoms with Gasteiger partial charge < -0.3 is 5.32 Å². The lowest BCUT2D eigenvalue weighted by molar-refractivity contribution is 0.868. The van der Waals surface area contributed by atoms with E-state index in [1.54, 1.807) is 11.3 Å². The van der Waals surface area contributed by atoms with Gasteiger partial charge in [-0.25, -0.2) is 9.97 Å². The van der Waals surface area contributed by atoms with E-state index in [1.807, 2.05) is 0 Å². The largest absolute Gasteiger partial charge is 0.369 e. The van der Waals surface area contributed by atoms with Gasteiger partial charge in [-0.1, -0.05) is 13.3 Å². The molecule has 0 saturated carbocycles. The van der Waals surface area contributed by atoms with Crippen molar-refractivity contribution < 1.29 is 0 Å². The number of halogens is 2. The van der Waals surface area contributed by atoms with Crippen molar-refractivity contribution in [1.29, 1.82) is 0 Å². The van der Waals surface area contributed by atoms with Crippen LogP contribution in [-0.2, 0) is 6.42 Å². The van der Waals surface area contributed by atoms with E-state index in [-0.39, 0.29) is 0 Å². The molecule has 6 heteroatoms. The number of aryl methyl sites for hydroxylation is 2. The van der Waals surface area contributed by atoms with Gasteiger partial charge in [-0.15, -0.1) is 11.3 Å². The van der Waals surface area contributed by atoms with Crippen LogP contribution >= 0.6 is 43.2 Å². The van der Waals surface area contributed by atoms with E-state index in [0.29, 0.717) is 0 Å². The Bertz CT molecular complexity index is 564. The molecule has 0 saturated heterocycles. The summed E-state index contributed by atoms with van der Waals surface area (Å²) in [5.74, 6) is 1.68. The molecule has 3 nitrogen and oxygen atoms in total. The van der Waals surface area contributed by atoms with Crippen LogP contribution in [0.5, 0.6) is 0 Å². The molecule has 0 aliphatic rings. The second-order valence-corrected chi connectivity index (χ2v) is 7.36. The summed E-state index contributed by atoms with van der Waals surface area (Å²) in [5.41, 5.74) is 1.07. The maximum Gasteiger partial charge on any atom is 0.171 e. The molecule has 20 heavy (non-hydrogen) atoms. The summed E-state index contributed by atoms with van der Waals surface area (Å²) in [7, 11) is 0. The van der Waals surface area contributed by atoms with Crippen molar-refractivity contribution in [3.05, 3.63) is 25.6 Å². The molecule has 0 atom stereocenters. The summed E-state index contributed by atoms with van der Waals surface area (Å²) >= 11 is 8.88. The van der Waals surface area contributed by atoms with Gasteiger partial charge in [0.1, 0.15) is 5.82 Å². The zero-order valence-electron chi connectivity index (χ0n) is 11.8. The quantitative estimate of drug-likeness (QED) is 0.703. The number of aromatic nitrogens is 2. The minimum atomic E-state index is 0.798. The van der Waals surface area contributed by atoms with E-state index in [0.717, 1.165) is 50.5 Å². The van der Waals surface area contributed by atoms with Crippen LogP contribution in [0.1, 0.15) is 30.8 Å². The van der Waals surface area contributed by atoms with E-state index in [9.17, 15) is 0 Å². The molecule has 0 bridgehead atoms. The molecular formula is C14H17Br2N3S. The lowest BCUT2D eigenvalue weighted by atomic mass is 10.2. The molecule has 1 N–H and O–H groups in total. The maximum absolute atomic E-state index is 4.72. The summed E-state index contributed by atoms with van der Waals surface area (Å²) in [5, 5.41) is 3.30. The molecule has 2 heterocycles. The highest BCUT2D eigenvalue weighted by atomic mass is 79.9. The van der Waals surface area contributed by atoms with Crippen LogP contribution in [0.4, 0.5) is 5.82 Å².